The van der Waals surface area contributed by atoms with Gasteiger partial charge in [0.1, 0.15) is 29.7 Å². The molecule has 0 saturated carbocycles. The highest BCUT2D eigenvalue weighted by molar-refractivity contribution is 6.06. The molecule has 1 N–H and O–H groups in total. The Morgan fingerprint density at radius 1 is 1.12 bits per heavy atom. The first-order chi connectivity index (χ1) is 15.3. The highest BCUT2D eigenvalue weighted by atomic mass is 19.1. The fourth-order valence-corrected chi connectivity index (χ4v) is 3.37. The lowest BCUT2D eigenvalue weighted by atomic mass is 10.1. The third kappa shape index (κ3) is 4.22. The number of carbonyl (C=O) groups is 1. The molecule has 1 amide bonds. The summed E-state index contributed by atoms with van der Waals surface area (Å²) in [6, 6.07) is 10.1. The van der Waals surface area contributed by atoms with E-state index in [4.69, 9.17) is 4.74 Å². The van der Waals surface area contributed by atoms with Crippen molar-refractivity contribution < 1.29 is 18.3 Å². The van der Waals surface area contributed by atoms with E-state index in [1.54, 1.807) is 44.3 Å². The zero-order valence-corrected chi connectivity index (χ0v) is 17.8. The minimum Gasteiger partial charge on any atom is -0.486 e. The molecule has 7 nitrogen and oxygen atoms in total. The van der Waals surface area contributed by atoms with Gasteiger partial charge in [0.05, 0.1) is 17.0 Å². The summed E-state index contributed by atoms with van der Waals surface area (Å²) in [7, 11) is 1.89. The lowest BCUT2D eigenvalue weighted by molar-refractivity contribution is 0.102. The van der Waals surface area contributed by atoms with Crippen LogP contribution in [0.25, 0.3) is 5.69 Å². The molecule has 2 aromatic carbocycles. The lowest BCUT2D eigenvalue weighted by Gasteiger charge is -2.09. The Labute approximate surface area is 183 Å². The molecule has 0 spiro atoms. The van der Waals surface area contributed by atoms with Crippen molar-refractivity contribution in [1.29, 1.82) is 0 Å². The Morgan fingerprint density at radius 2 is 1.88 bits per heavy atom. The van der Waals surface area contributed by atoms with Crippen molar-refractivity contribution in [3.63, 3.8) is 0 Å². The summed E-state index contributed by atoms with van der Waals surface area (Å²) in [6.45, 7) is 3.65. The molecule has 4 aromatic rings. The normalized spacial score (nSPS) is 10.9. The predicted octanol–water partition coefficient (Wildman–Crippen LogP) is 4.33. The van der Waals surface area contributed by atoms with Crippen LogP contribution in [0.3, 0.4) is 0 Å². The average Bonchev–Trinajstić information content (AvgIpc) is 3.29. The Balaban J connectivity index is 1.48. The molecule has 0 radical (unpaired) electrons. The number of benzene rings is 2. The number of hydrogen-bond donors (Lipinski definition) is 1. The smallest absolute Gasteiger partial charge is 0.259 e. The molecule has 32 heavy (non-hydrogen) atoms. The summed E-state index contributed by atoms with van der Waals surface area (Å²) in [5.41, 5.74) is 1.84. The van der Waals surface area contributed by atoms with Gasteiger partial charge in [-0.15, -0.1) is 0 Å². The fourth-order valence-electron chi connectivity index (χ4n) is 3.37. The molecule has 0 aliphatic carbocycles. The van der Waals surface area contributed by atoms with Crippen molar-refractivity contribution in [1.82, 2.24) is 19.3 Å². The van der Waals surface area contributed by atoms with Gasteiger partial charge in [0.15, 0.2) is 5.82 Å². The van der Waals surface area contributed by atoms with Gasteiger partial charge in [0.25, 0.3) is 5.91 Å². The first kappa shape index (κ1) is 21.2. The molecule has 0 aliphatic rings. The number of anilines is 1. The summed E-state index contributed by atoms with van der Waals surface area (Å²) >= 11 is 0. The minimum atomic E-state index is -0.760. The summed E-state index contributed by atoms with van der Waals surface area (Å²) < 4.78 is 36.3. The van der Waals surface area contributed by atoms with E-state index in [1.165, 1.54) is 10.7 Å². The van der Waals surface area contributed by atoms with E-state index in [-0.39, 0.29) is 11.6 Å². The van der Waals surface area contributed by atoms with E-state index in [1.807, 2.05) is 17.8 Å². The number of ether oxygens (including phenoxy) is 1. The second-order valence-electron chi connectivity index (χ2n) is 7.27. The standard InChI is InChI=1S/C23H21F2N5O2/c1-14-22(15(2)30(28-14)20-9-4-16(24)12-19(20)25)23(31)27-17-5-7-18(8-6-17)32-13-21-26-10-11-29(21)3/h4-12H,13H2,1-3H3,(H,27,31). The number of hydrogen-bond acceptors (Lipinski definition) is 4. The fraction of sp³-hybridized carbons (Fsp3) is 0.174. The Kier molecular flexibility index (Phi) is 5.72. The number of amides is 1. The maximum absolute atomic E-state index is 14.2. The van der Waals surface area contributed by atoms with Crippen molar-refractivity contribution in [3.8, 4) is 11.4 Å². The van der Waals surface area contributed by atoms with Crippen LogP contribution in [-0.4, -0.2) is 25.2 Å². The van der Waals surface area contributed by atoms with Crippen LogP contribution in [0.5, 0.6) is 5.75 Å². The van der Waals surface area contributed by atoms with Crippen LogP contribution in [-0.2, 0) is 13.7 Å². The number of rotatable bonds is 6. The van der Waals surface area contributed by atoms with Crippen LogP contribution in [0, 0.1) is 25.5 Å². The molecule has 164 valence electrons. The van der Waals surface area contributed by atoms with Crippen LogP contribution in [0.1, 0.15) is 27.6 Å². The van der Waals surface area contributed by atoms with Gasteiger partial charge in [-0.3, -0.25) is 4.79 Å². The number of aromatic nitrogens is 4. The van der Waals surface area contributed by atoms with Crippen molar-refractivity contribution in [3.05, 3.63) is 89.3 Å². The van der Waals surface area contributed by atoms with Gasteiger partial charge in [0, 0.05) is 31.2 Å². The van der Waals surface area contributed by atoms with Crippen LogP contribution >= 0.6 is 0 Å². The van der Waals surface area contributed by atoms with Crippen molar-refractivity contribution in [2.75, 3.05) is 5.32 Å². The molecule has 0 saturated heterocycles. The number of imidazole rings is 1. The van der Waals surface area contributed by atoms with Crippen molar-refractivity contribution in [2.45, 2.75) is 20.5 Å². The molecule has 0 aliphatic heterocycles. The third-order valence-electron chi connectivity index (χ3n) is 5.06. The topological polar surface area (TPSA) is 74.0 Å². The zero-order valence-electron chi connectivity index (χ0n) is 17.8. The first-order valence-corrected chi connectivity index (χ1v) is 9.85. The van der Waals surface area contributed by atoms with Gasteiger partial charge >= 0.3 is 0 Å². The van der Waals surface area contributed by atoms with Crippen molar-refractivity contribution >= 4 is 11.6 Å². The molecule has 0 bridgehead atoms. The summed E-state index contributed by atoms with van der Waals surface area (Å²) in [4.78, 5) is 17.1. The SMILES string of the molecule is Cc1nn(-c2ccc(F)cc2F)c(C)c1C(=O)Nc1ccc(OCc2nccn2C)cc1. The van der Waals surface area contributed by atoms with E-state index < -0.39 is 11.6 Å². The number of nitrogens with one attached hydrogen (secondary N) is 1. The molecule has 2 heterocycles. The maximum Gasteiger partial charge on any atom is 0.259 e. The number of nitrogens with zero attached hydrogens (tertiary/aromatic N) is 4. The lowest BCUT2D eigenvalue weighted by Crippen LogP contribution is -2.14. The summed E-state index contributed by atoms with van der Waals surface area (Å²) in [5, 5.41) is 7.09. The van der Waals surface area contributed by atoms with Crippen LogP contribution in [0.15, 0.2) is 54.9 Å². The minimum absolute atomic E-state index is 0.0697. The number of aryl methyl sites for hydroxylation is 2. The predicted molar refractivity (Wildman–Crippen MR) is 115 cm³/mol. The first-order valence-electron chi connectivity index (χ1n) is 9.85. The largest absolute Gasteiger partial charge is 0.486 e. The van der Waals surface area contributed by atoms with Gasteiger partial charge < -0.3 is 14.6 Å². The monoisotopic (exact) mass is 437 g/mol. The van der Waals surface area contributed by atoms with E-state index in [0.29, 0.717) is 35.0 Å². The molecule has 4 rings (SSSR count). The van der Waals surface area contributed by atoms with Crippen molar-refractivity contribution in [2.24, 2.45) is 7.05 Å². The van der Waals surface area contributed by atoms with Gasteiger partial charge in [0.2, 0.25) is 0 Å². The quantitative estimate of drug-likeness (QED) is 0.487. The zero-order chi connectivity index (χ0) is 22.8. The highest BCUT2D eigenvalue weighted by Crippen LogP contribution is 2.23. The number of carbonyl (C=O) groups excluding carboxylic acids is 1. The summed E-state index contributed by atoms with van der Waals surface area (Å²) in [6.07, 6.45) is 3.54. The summed E-state index contributed by atoms with van der Waals surface area (Å²) in [5.74, 6) is -0.391. The molecule has 9 heteroatoms. The Morgan fingerprint density at radius 3 is 2.53 bits per heavy atom. The molecule has 0 atom stereocenters. The van der Waals surface area contributed by atoms with E-state index in [2.05, 4.69) is 15.4 Å². The van der Waals surface area contributed by atoms with Gasteiger partial charge in [-0.05, 0) is 50.2 Å². The molecular formula is C23H21F2N5O2. The molecule has 0 unspecified atom stereocenters. The maximum atomic E-state index is 14.2. The van der Waals surface area contributed by atoms with E-state index in [0.717, 1.165) is 18.0 Å². The average molecular weight is 437 g/mol. The second kappa shape index (κ2) is 8.62. The molecular weight excluding hydrogens is 416 g/mol. The Bertz CT molecular complexity index is 1280. The van der Waals surface area contributed by atoms with Crippen LogP contribution in [0.4, 0.5) is 14.5 Å². The molecule has 0 fully saturated rings. The van der Waals surface area contributed by atoms with Gasteiger partial charge in [-0.1, -0.05) is 0 Å². The van der Waals surface area contributed by atoms with Gasteiger partial charge in [-0.2, -0.15) is 5.10 Å². The molecule has 2 aromatic heterocycles. The Hall–Kier alpha value is -4.01. The van der Waals surface area contributed by atoms with E-state index >= 15 is 0 Å². The highest BCUT2D eigenvalue weighted by Gasteiger charge is 2.21. The number of halogens is 2. The van der Waals surface area contributed by atoms with Crippen LogP contribution in [0.2, 0.25) is 0 Å². The van der Waals surface area contributed by atoms with E-state index in [9.17, 15) is 13.6 Å². The van der Waals surface area contributed by atoms with Crippen LogP contribution < -0.4 is 10.1 Å². The second-order valence-corrected chi connectivity index (χ2v) is 7.27. The third-order valence-corrected chi connectivity index (χ3v) is 5.06. The van der Waals surface area contributed by atoms with Gasteiger partial charge in [-0.25, -0.2) is 18.4 Å².